The van der Waals surface area contributed by atoms with Crippen molar-refractivity contribution >= 4 is 8.07 Å². The Morgan fingerprint density at radius 3 is 1.09 bits per heavy atom. The lowest BCUT2D eigenvalue weighted by Gasteiger charge is -2.21. The number of alkyl halides is 6. The second-order valence-corrected chi connectivity index (χ2v) is 5.98. The third-order valence-corrected chi connectivity index (χ3v) is 4.10. The molecule has 0 aliphatic heterocycles. The molecular weight excluding hydrogens is 190 g/mol. The molecule has 0 nitrogen and oxygen atoms in total. The minimum atomic E-state index is -4.90. The first kappa shape index (κ1) is 10.8. The van der Waals surface area contributed by atoms with Crippen molar-refractivity contribution in [3.05, 3.63) is 0 Å². The van der Waals surface area contributed by atoms with Crippen LogP contribution in [-0.4, -0.2) is 32.8 Å². The molecular formula is C4H6F6Si. The lowest BCUT2D eigenvalue weighted by Crippen LogP contribution is -2.56. The molecule has 0 spiro atoms. The van der Waals surface area contributed by atoms with Crippen molar-refractivity contribution in [3.8, 4) is 0 Å². The molecule has 0 saturated heterocycles. The van der Waals surface area contributed by atoms with Crippen LogP contribution in [0.5, 0.6) is 0 Å². The quantitative estimate of drug-likeness (QED) is 0.477. The Kier molecular flexibility index (Phi) is 3.91. The van der Waals surface area contributed by atoms with Gasteiger partial charge in [-0.25, -0.2) is 17.6 Å². The lowest BCUT2D eigenvalue weighted by molar-refractivity contribution is 0.160. The molecule has 0 unspecified atom stereocenters. The van der Waals surface area contributed by atoms with Crippen molar-refractivity contribution in [1.29, 1.82) is 0 Å². The van der Waals surface area contributed by atoms with Gasteiger partial charge < -0.3 is 0 Å². The SMILES string of the molecule is FC[Si](CF)(C(F)F)C(F)F. The average molecular weight is 196 g/mol. The number of hydrogen-bond donors (Lipinski definition) is 0. The van der Waals surface area contributed by atoms with Crippen LogP contribution in [0.2, 0.25) is 0 Å². The van der Waals surface area contributed by atoms with Crippen molar-refractivity contribution in [2.75, 3.05) is 12.6 Å². The van der Waals surface area contributed by atoms with Crippen molar-refractivity contribution < 1.29 is 26.3 Å². The molecule has 0 aliphatic carbocycles. The normalized spacial score (nSPS) is 13.1. The molecule has 0 aliphatic rings. The second kappa shape index (κ2) is 3.98. The Morgan fingerprint density at radius 2 is 1.09 bits per heavy atom. The van der Waals surface area contributed by atoms with Crippen molar-refractivity contribution in [3.63, 3.8) is 0 Å². The van der Waals surface area contributed by atoms with E-state index in [1.165, 1.54) is 0 Å². The Balaban J connectivity index is 4.46. The van der Waals surface area contributed by atoms with E-state index in [9.17, 15) is 26.3 Å². The first-order valence-corrected chi connectivity index (χ1v) is 5.26. The third-order valence-electron chi connectivity index (χ3n) is 1.37. The first-order valence-electron chi connectivity index (χ1n) is 2.69. The van der Waals surface area contributed by atoms with Gasteiger partial charge in [-0.2, -0.15) is 0 Å². The highest BCUT2D eigenvalue weighted by atomic mass is 28.3. The van der Waals surface area contributed by atoms with Gasteiger partial charge in [0.05, 0.1) is 12.6 Å². The van der Waals surface area contributed by atoms with E-state index in [-0.39, 0.29) is 0 Å². The average Bonchev–Trinajstić information content (AvgIpc) is 1.90. The van der Waals surface area contributed by atoms with Crippen LogP contribution in [0.1, 0.15) is 0 Å². The molecule has 0 aromatic heterocycles. The smallest absolute Gasteiger partial charge is 0.254 e. The van der Waals surface area contributed by atoms with Gasteiger partial charge in [0, 0.05) is 0 Å². The summed E-state index contributed by atoms with van der Waals surface area (Å²) in [5.74, 6) is 0. The van der Waals surface area contributed by atoms with E-state index < -0.39 is 32.8 Å². The maximum Gasteiger partial charge on any atom is 0.278 e. The number of rotatable bonds is 4. The predicted octanol–water partition coefficient (Wildman–Crippen LogP) is 2.06. The zero-order chi connectivity index (χ0) is 9.07. The maximum absolute atomic E-state index is 11.7. The van der Waals surface area contributed by atoms with Gasteiger partial charge in [-0.1, -0.05) is 0 Å². The molecule has 7 heteroatoms. The summed E-state index contributed by atoms with van der Waals surface area (Å²) in [6, 6.07) is -7.09. The highest BCUT2D eigenvalue weighted by Gasteiger charge is 2.53. The zero-order valence-corrected chi connectivity index (χ0v) is 6.34. The minimum absolute atomic E-state index is 1.92. The molecule has 0 rings (SSSR count). The van der Waals surface area contributed by atoms with Crippen molar-refractivity contribution in [2.45, 2.75) is 12.1 Å². The summed E-state index contributed by atoms with van der Waals surface area (Å²) in [5.41, 5.74) is 0. The molecule has 0 N–H and O–H groups in total. The van der Waals surface area contributed by atoms with E-state index in [1.807, 2.05) is 0 Å². The summed E-state index contributed by atoms with van der Waals surface area (Å²) in [7, 11) is -4.90. The zero-order valence-electron chi connectivity index (χ0n) is 5.34. The minimum Gasteiger partial charge on any atom is -0.254 e. The molecule has 0 heterocycles. The van der Waals surface area contributed by atoms with Crippen LogP contribution in [0, 0.1) is 0 Å². The van der Waals surface area contributed by atoms with Gasteiger partial charge in [-0.05, 0) is 0 Å². The van der Waals surface area contributed by atoms with E-state index in [0.29, 0.717) is 0 Å². The fraction of sp³-hybridized carbons (Fsp3) is 1.00. The van der Waals surface area contributed by atoms with Gasteiger partial charge in [0.1, 0.15) is 0 Å². The largest absolute Gasteiger partial charge is 0.278 e. The Hall–Kier alpha value is -0.203. The topological polar surface area (TPSA) is 0 Å². The number of hydrogen-bond acceptors (Lipinski definition) is 0. The van der Waals surface area contributed by atoms with Gasteiger partial charge >= 0.3 is 0 Å². The standard InChI is InChI=1S/C4H6F6Si/c5-1-11(2-6,3(7)8)4(9)10/h3-4H,1-2H2. The van der Waals surface area contributed by atoms with Crippen LogP contribution in [-0.2, 0) is 0 Å². The molecule has 11 heavy (non-hydrogen) atoms. The lowest BCUT2D eigenvalue weighted by atomic mass is 11.6. The number of halogens is 6. The van der Waals surface area contributed by atoms with E-state index in [1.54, 1.807) is 0 Å². The molecule has 0 amide bonds. The van der Waals surface area contributed by atoms with Crippen LogP contribution in [0.25, 0.3) is 0 Å². The molecule has 0 aromatic carbocycles. The molecule has 0 atom stereocenters. The van der Waals surface area contributed by atoms with Gasteiger partial charge in [-0.3, -0.25) is 8.78 Å². The van der Waals surface area contributed by atoms with Gasteiger partial charge in [-0.15, -0.1) is 0 Å². The van der Waals surface area contributed by atoms with Gasteiger partial charge in [0.2, 0.25) is 12.1 Å². The molecule has 0 bridgehead atoms. The van der Waals surface area contributed by atoms with Gasteiger partial charge in [0.15, 0.2) is 0 Å². The Morgan fingerprint density at radius 1 is 0.818 bits per heavy atom. The first-order chi connectivity index (χ1) is 5.01. The highest BCUT2D eigenvalue weighted by Crippen LogP contribution is 2.22. The van der Waals surface area contributed by atoms with Crippen LogP contribution in [0.15, 0.2) is 0 Å². The predicted molar refractivity (Wildman–Crippen MR) is 29.7 cm³/mol. The monoisotopic (exact) mass is 196 g/mol. The fourth-order valence-electron chi connectivity index (χ4n) is 0.364. The van der Waals surface area contributed by atoms with E-state index >= 15 is 0 Å². The van der Waals surface area contributed by atoms with Crippen LogP contribution in [0.3, 0.4) is 0 Å². The Labute approximate surface area is 60.2 Å². The van der Waals surface area contributed by atoms with Crippen LogP contribution >= 0.6 is 0 Å². The Bertz CT molecular complexity index is 101. The summed E-state index contributed by atoms with van der Waals surface area (Å²) < 4.78 is 70.2. The third kappa shape index (κ3) is 1.88. The summed E-state index contributed by atoms with van der Waals surface area (Å²) in [6.07, 6.45) is -3.84. The van der Waals surface area contributed by atoms with Crippen LogP contribution in [0.4, 0.5) is 26.3 Å². The molecule has 0 fully saturated rings. The summed E-state index contributed by atoms with van der Waals surface area (Å²) in [6.45, 7) is 0. The van der Waals surface area contributed by atoms with Crippen molar-refractivity contribution in [2.24, 2.45) is 0 Å². The molecule has 68 valence electrons. The summed E-state index contributed by atoms with van der Waals surface area (Å²) in [4.78, 5) is 0. The molecule has 0 radical (unpaired) electrons. The van der Waals surface area contributed by atoms with Crippen molar-refractivity contribution in [1.82, 2.24) is 0 Å². The fourth-order valence-corrected chi connectivity index (χ4v) is 1.09. The van der Waals surface area contributed by atoms with Crippen LogP contribution < -0.4 is 0 Å². The summed E-state index contributed by atoms with van der Waals surface area (Å²) >= 11 is 0. The van der Waals surface area contributed by atoms with Gasteiger partial charge in [0.25, 0.3) is 8.07 Å². The highest BCUT2D eigenvalue weighted by molar-refractivity contribution is 6.81. The van der Waals surface area contributed by atoms with E-state index in [2.05, 4.69) is 0 Å². The maximum atomic E-state index is 11.7. The second-order valence-electron chi connectivity index (χ2n) is 2.10. The molecule has 0 saturated carbocycles. The summed E-state index contributed by atoms with van der Waals surface area (Å²) in [5, 5.41) is 0. The molecule has 0 aromatic rings. The van der Waals surface area contributed by atoms with E-state index in [4.69, 9.17) is 0 Å². The van der Waals surface area contributed by atoms with E-state index in [0.717, 1.165) is 0 Å².